The Morgan fingerprint density at radius 3 is 2.05 bits per heavy atom. The van der Waals surface area contributed by atoms with Crippen molar-refractivity contribution < 1.29 is 21.4 Å². The van der Waals surface area contributed by atoms with E-state index in [1.807, 2.05) is 0 Å². The molecular formula is C13H13NO5S2. The molecule has 2 N–H and O–H groups in total. The molecule has 2 aromatic carbocycles. The van der Waals surface area contributed by atoms with Crippen LogP contribution in [0.1, 0.15) is 5.56 Å². The standard InChI is InChI=1S/C13H13NO5S2/c1-10-3-2-4-13(9-10)20(15,16)14-11-5-7-12(8-6-11)21(17,18)19/h2-9,14H,1H3,(H,17,18,19). The summed E-state index contributed by atoms with van der Waals surface area (Å²) in [6, 6.07) is 11.1. The second-order valence-corrected chi connectivity index (χ2v) is 7.53. The van der Waals surface area contributed by atoms with Crippen molar-refractivity contribution in [1.82, 2.24) is 0 Å². The minimum atomic E-state index is -4.30. The van der Waals surface area contributed by atoms with E-state index in [9.17, 15) is 16.8 Å². The van der Waals surface area contributed by atoms with Crippen LogP contribution in [0.15, 0.2) is 58.3 Å². The molecule has 0 fully saturated rings. The smallest absolute Gasteiger partial charge is 0.282 e. The van der Waals surface area contributed by atoms with Gasteiger partial charge in [0.25, 0.3) is 20.1 Å². The van der Waals surface area contributed by atoms with Crippen molar-refractivity contribution in [3.8, 4) is 0 Å². The molecule has 0 aliphatic heterocycles. The molecule has 112 valence electrons. The van der Waals surface area contributed by atoms with Gasteiger partial charge in [-0.05, 0) is 48.9 Å². The number of sulfonamides is 1. The van der Waals surface area contributed by atoms with Gasteiger partial charge in [0.2, 0.25) is 0 Å². The first-order valence-corrected chi connectivity index (χ1v) is 8.78. The summed E-state index contributed by atoms with van der Waals surface area (Å²) in [6.45, 7) is 1.78. The summed E-state index contributed by atoms with van der Waals surface area (Å²) in [5.74, 6) is 0. The van der Waals surface area contributed by atoms with Crippen LogP contribution in [0.4, 0.5) is 5.69 Å². The van der Waals surface area contributed by atoms with Crippen molar-refractivity contribution in [3.63, 3.8) is 0 Å². The molecule has 0 heterocycles. The first-order valence-electron chi connectivity index (χ1n) is 5.85. The molecule has 0 saturated carbocycles. The summed E-state index contributed by atoms with van der Waals surface area (Å²) in [5, 5.41) is 0. The Balaban J connectivity index is 2.29. The summed E-state index contributed by atoms with van der Waals surface area (Å²) >= 11 is 0. The number of anilines is 1. The SMILES string of the molecule is Cc1cccc(S(=O)(=O)Nc2ccc(S(=O)(=O)O)cc2)c1. The van der Waals surface area contributed by atoms with Crippen LogP contribution in [-0.2, 0) is 20.1 Å². The third kappa shape index (κ3) is 3.81. The van der Waals surface area contributed by atoms with Crippen LogP contribution in [0.3, 0.4) is 0 Å². The third-order valence-corrected chi connectivity index (χ3v) is 4.95. The van der Waals surface area contributed by atoms with Crippen LogP contribution >= 0.6 is 0 Å². The first kappa shape index (κ1) is 15.5. The van der Waals surface area contributed by atoms with Crippen molar-refractivity contribution in [1.29, 1.82) is 0 Å². The molecule has 0 bridgehead atoms. The lowest BCUT2D eigenvalue weighted by atomic mass is 10.2. The molecule has 0 aromatic heterocycles. The topological polar surface area (TPSA) is 101 Å². The highest BCUT2D eigenvalue weighted by Gasteiger charge is 2.15. The zero-order valence-corrected chi connectivity index (χ0v) is 12.6. The molecule has 0 spiro atoms. The van der Waals surface area contributed by atoms with Gasteiger partial charge in [0.05, 0.1) is 9.79 Å². The van der Waals surface area contributed by atoms with Crippen LogP contribution in [0.5, 0.6) is 0 Å². The largest absolute Gasteiger partial charge is 0.294 e. The number of hydrogen-bond donors (Lipinski definition) is 2. The lowest BCUT2D eigenvalue weighted by Crippen LogP contribution is -2.13. The zero-order valence-electron chi connectivity index (χ0n) is 11.0. The predicted octanol–water partition coefficient (Wildman–Crippen LogP) is 2.04. The minimum Gasteiger partial charge on any atom is -0.282 e. The van der Waals surface area contributed by atoms with Gasteiger partial charge in [-0.1, -0.05) is 12.1 Å². The van der Waals surface area contributed by atoms with Gasteiger partial charge in [0.1, 0.15) is 0 Å². The molecule has 6 nitrogen and oxygen atoms in total. The Kier molecular flexibility index (Phi) is 4.04. The van der Waals surface area contributed by atoms with Gasteiger partial charge in [-0.25, -0.2) is 8.42 Å². The van der Waals surface area contributed by atoms with E-state index in [1.165, 1.54) is 24.3 Å². The number of benzene rings is 2. The Bertz CT molecular complexity index is 856. The van der Waals surface area contributed by atoms with E-state index in [2.05, 4.69) is 4.72 Å². The molecule has 0 amide bonds. The molecule has 2 aromatic rings. The molecule has 21 heavy (non-hydrogen) atoms. The summed E-state index contributed by atoms with van der Waals surface area (Å²) in [6.07, 6.45) is 0. The van der Waals surface area contributed by atoms with Crippen LogP contribution in [0, 0.1) is 6.92 Å². The maximum Gasteiger partial charge on any atom is 0.294 e. The number of hydrogen-bond acceptors (Lipinski definition) is 4. The minimum absolute atomic E-state index is 0.112. The third-order valence-electron chi connectivity index (χ3n) is 2.70. The van der Waals surface area contributed by atoms with Gasteiger partial charge < -0.3 is 0 Å². The second kappa shape index (κ2) is 5.47. The molecule has 0 aliphatic carbocycles. The van der Waals surface area contributed by atoms with Crippen LogP contribution in [0.2, 0.25) is 0 Å². The summed E-state index contributed by atoms with van der Waals surface area (Å²) in [5.41, 5.74) is 1.00. The maximum absolute atomic E-state index is 12.2. The summed E-state index contributed by atoms with van der Waals surface area (Å²) < 4.78 is 57.3. The fourth-order valence-electron chi connectivity index (χ4n) is 1.69. The van der Waals surface area contributed by atoms with Crippen molar-refractivity contribution in [3.05, 3.63) is 54.1 Å². The van der Waals surface area contributed by atoms with Gasteiger partial charge in [-0.3, -0.25) is 9.27 Å². The molecule has 0 aliphatic rings. The van der Waals surface area contributed by atoms with Crippen molar-refractivity contribution in [2.75, 3.05) is 4.72 Å². The lowest BCUT2D eigenvalue weighted by Gasteiger charge is -2.09. The first-order chi connectivity index (χ1) is 9.68. The van der Waals surface area contributed by atoms with Gasteiger partial charge >= 0.3 is 0 Å². The second-order valence-electron chi connectivity index (χ2n) is 4.42. The fraction of sp³-hybridized carbons (Fsp3) is 0.0769. The zero-order chi connectivity index (χ0) is 15.7. The van der Waals surface area contributed by atoms with Crippen molar-refractivity contribution in [2.24, 2.45) is 0 Å². The van der Waals surface area contributed by atoms with Gasteiger partial charge in [0, 0.05) is 5.69 Å². The van der Waals surface area contributed by atoms with Crippen molar-refractivity contribution >= 4 is 25.8 Å². The number of rotatable bonds is 4. The van der Waals surface area contributed by atoms with Crippen LogP contribution < -0.4 is 4.72 Å². The van der Waals surface area contributed by atoms with E-state index in [0.29, 0.717) is 0 Å². The van der Waals surface area contributed by atoms with E-state index < -0.39 is 20.1 Å². The molecule has 0 radical (unpaired) electrons. The molecule has 0 unspecified atom stereocenters. The predicted molar refractivity (Wildman–Crippen MR) is 78.2 cm³/mol. The molecule has 0 saturated heterocycles. The molecular weight excluding hydrogens is 314 g/mol. The van der Waals surface area contributed by atoms with E-state index in [4.69, 9.17) is 4.55 Å². The molecule has 2 rings (SSSR count). The Morgan fingerprint density at radius 1 is 0.905 bits per heavy atom. The Labute approximate surface area is 123 Å². The Morgan fingerprint density at radius 2 is 1.52 bits per heavy atom. The normalized spacial score (nSPS) is 12.1. The quantitative estimate of drug-likeness (QED) is 0.837. The lowest BCUT2D eigenvalue weighted by molar-refractivity contribution is 0.483. The summed E-state index contributed by atoms with van der Waals surface area (Å²) in [4.78, 5) is -0.192. The van der Waals surface area contributed by atoms with Gasteiger partial charge in [-0.2, -0.15) is 8.42 Å². The van der Waals surface area contributed by atoms with E-state index in [0.717, 1.165) is 17.7 Å². The van der Waals surface area contributed by atoms with E-state index in [-0.39, 0.29) is 15.5 Å². The fourth-order valence-corrected chi connectivity index (χ4v) is 3.33. The molecule has 8 heteroatoms. The number of nitrogens with one attached hydrogen (secondary N) is 1. The van der Waals surface area contributed by atoms with Crippen LogP contribution in [-0.4, -0.2) is 21.4 Å². The highest BCUT2D eigenvalue weighted by atomic mass is 32.2. The average Bonchev–Trinajstić information content (AvgIpc) is 2.38. The van der Waals surface area contributed by atoms with E-state index >= 15 is 0 Å². The van der Waals surface area contributed by atoms with E-state index in [1.54, 1.807) is 19.1 Å². The molecule has 0 atom stereocenters. The highest BCUT2D eigenvalue weighted by molar-refractivity contribution is 7.92. The maximum atomic E-state index is 12.2. The summed E-state index contributed by atoms with van der Waals surface area (Å²) in [7, 11) is -8.04. The van der Waals surface area contributed by atoms with Crippen molar-refractivity contribution in [2.45, 2.75) is 16.7 Å². The average molecular weight is 327 g/mol. The highest BCUT2D eigenvalue weighted by Crippen LogP contribution is 2.18. The van der Waals surface area contributed by atoms with Gasteiger partial charge in [0.15, 0.2) is 0 Å². The van der Waals surface area contributed by atoms with Crippen LogP contribution in [0.25, 0.3) is 0 Å². The Hall–Kier alpha value is -1.90. The van der Waals surface area contributed by atoms with Gasteiger partial charge in [-0.15, -0.1) is 0 Å². The monoisotopic (exact) mass is 327 g/mol. The number of aryl methyl sites for hydroxylation is 1.